The van der Waals surface area contributed by atoms with Gasteiger partial charge in [0.25, 0.3) is 0 Å². The first-order valence-corrected chi connectivity index (χ1v) is 17.2. The average molecular weight is 640 g/mol. The van der Waals surface area contributed by atoms with Crippen LogP contribution < -0.4 is 0 Å². The van der Waals surface area contributed by atoms with E-state index >= 15 is 0 Å². The number of para-hydroxylation sites is 2. The predicted octanol–water partition coefficient (Wildman–Crippen LogP) is 12.0. The summed E-state index contributed by atoms with van der Waals surface area (Å²) in [6.45, 7) is 4.70. The Hall–Kier alpha value is -6.32. The van der Waals surface area contributed by atoms with Crippen LogP contribution in [0.1, 0.15) is 25.0 Å². The van der Waals surface area contributed by atoms with Crippen molar-refractivity contribution in [2.45, 2.75) is 19.3 Å². The molecule has 2 aromatic heterocycles. The summed E-state index contributed by atoms with van der Waals surface area (Å²) in [6, 6.07) is 57.0. The van der Waals surface area contributed by atoms with Gasteiger partial charge in [0, 0.05) is 27.4 Å². The Bertz CT molecular complexity index is 2730. The fourth-order valence-corrected chi connectivity index (χ4v) is 8.10. The Morgan fingerprint density at radius 3 is 1.84 bits per heavy atom. The second-order valence-electron chi connectivity index (χ2n) is 13.9. The maximum atomic E-state index is 4.97. The molecule has 2 heterocycles. The first-order valence-electron chi connectivity index (χ1n) is 17.2. The lowest BCUT2D eigenvalue weighted by atomic mass is 9.81. The number of benzene rings is 7. The third kappa shape index (κ3) is 4.37. The summed E-state index contributed by atoms with van der Waals surface area (Å²) in [6.07, 6.45) is 1.88. The van der Waals surface area contributed by atoms with E-state index in [1.165, 1.54) is 55.2 Å². The Labute approximate surface area is 291 Å². The van der Waals surface area contributed by atoms with Gasteiger partial charge < -0.3 is 4.57 Å². The molecule has 0 saturated heterocycles. The molecule has 236 valence electrons. The van der Waals surface area contributed by atoms with Crippen molar-refractivity contribution in [2.75, 3.05) is 0 Å². The molecular formula is C47H33N3. The van der Waals surface area contributed by atoms with E-state index < -0.39 is 0 Å². The van der Waals surface area contributed by atoms with Crippen LogP contribution in [0.5, 0.6) is 0 Å². The van der Waals surface area contributed by atoms with Crippen molar-refractivity contribution < 1.29 is 0 Å². The quantitative estimate of drug-likeness (QED) is 0.192. The summed E-state index contributed by atoms with van der Waals surface area (Å²) in [5, 5.41) is 2.50. The van der Waals surface area contributed by atoms with E-state index in [-0.39, 0.29) is 5.41 Å². The number of rotatable bonds is 4. The Morgan fingerprint density at radius 1 is 0.460 bits per heavy atom. The van der Waals surface area contributed by atoms with Crippen molar-refractivity contribution in [1.29, 1.82) is 0 Å². The minimum absolute atomic E-state index is 0.0785. The second kappa shape index (κ2) is 10.8. The summed E-state index contributed by atoms with van der Waals surface area (Å²) < 4.78 is 2.41. The minimum Gasteiger partial charge on any atom is -0.309 e. The monoisotopic (exact) mass is 639 g/mol. The third-order valence-corrected chi connectivity index (χ3v) is 10.6. The number of hydrogen-bond acceptors (Lipinski definition) is 2. The highest BCUT2D eigenvalue weighted by molar-refractivity contribution is 6.09. The second-order valence-corrected chi connectivity index (χ2v) is 13.9. The van der Waals surface area contributed by atoms with E-state index in [9.17, 15) is 0 Å². The zero-order chi connectivity index (χ0) is 33.4. The normalized spacial score (nSPS) is 13.2. The van der Waals surface area contributed by atoms with Crippen LogP contribution in [0.15, 0.2) is 164 Å². The van der Waals surface area contributed by atoms with Crippen LogP contribution in [-0.4, -0.2) is 14.5 Å². The molecule has 0 bridgehead atoms. The van der Waals surface area contributed by atoms with E-state index in [1.54, 1.807) is 0 Å². The third-order valence-electron chi connectivity index (χ3n) is 10.6. The van der Waals surface area contributed by atoms with Crippen LogP contribution in [0, 0.1) is 0 Å². The van der Waals surface area contributed by atoms with Crippen molar-refractivity contribution >= 4 is 32.8 Å². The van der Waals surface area contributed by atoms with Crippen LogP contribution in [0.2, 0.25) is 0 Å². The standard InChI is InChI=1S/C47H33N3/c1-47(2)40-17-9-6-14-36(40)37-22-20-31(27-41(37)47)33-24-34(32-21-23-42-43(28-32)48-29-44(49-42)30-12-4-3-5-13-30)26-35(25-33)50-45-18-10-7-15-38(45)39-16-8-11-19-46(39)50/h3-29H,1-2H3. The zero-order valence-electron chi connectivity index (χ0n) is 27.9. The SMILES string of the molecule is CC1(C)c2ccccc2-c2ccc(-c3cc(-c4ccc5nc(-c6ccccc6)cnc5c4)cc(-n4c5ccccc5c5ccccc54)c3)cc21. The van der Waals surface area contributed by atoms with Crippen LogP contribution in [0.4, 0.5) is 0 Å². The summed E-state index contributed by atoms with van der Waals surface area (Å²) in [5.41, 5.74) is 17.2. The van der Waals surface area contributed by atoms with Crippen molar-refractivity contribution in [3.63, 3.8) is 0 Å². The Kier molecular flexibility index (Phi) is 6.22. The molecule has 0 spiro atoms. The number of aromatic nitrogens is 3. The van der Waals surface area contributed by atoms with E-state index in [4.69, 9.17) is 9.97 Å². The molecule has 0 amide bonds. The lowest BCUT2D eigenvalue weighted by Gasteiger charge is -2.22. The van der Waals surface area contributed by atoms with E-state index in [0.717, 1.165) is 39.1 Å². The highest BCUT2D eigenvalue weighted by Crippen LogP contribution is 2.49. The molecule has 0 saturated carbocycles. The zero-order valence-corrected chi connectivity index (χ0v) is 27.9. The molecular weight excluding hydrogens is 607 g/mol. The number of hydrogen-bond donors (Lipinski definition) is 0. The minimum atomic E-state index is -0.0785. The Morgan fingerprint density at radius 2 is 1.08 bits per heavy atom. The van der Waals surface area contributed by atoms with Crippen LogP contribution in [0.3, 0.4) is 0 Å². The van der Waals surface area contributed by atoms with Crippen LogP contribution >= 0.6 is 0 Å². The van der Waals surface area contributed by atoms with Gasteiger partial charge in [-0.25, -0.2) is 4.98 Å². The number of fused-ring (bicyclic) bond motifs is 7. The van der Waals surface area contributed by atoms with Crippen molar-refractivity contribution in [3.05, 3.63) is 175 Å². The van der Waals surface area contributed by atoms with E-state index in [1.807, 2.05) is 24.4 Å². The average Bonchev–Trinajstić information content (AvgIpc) is 3.63. The number of nitrogens with zero attached hydrogens (tertiary/aromatic N) is 3. The molecule has 3 nitrogen and oxygen atoms in total. The highest BCUT2D eigenvalue weighted by atomic mass is 15.0. The first kappa shape index (κ1) is 28.7. The molecule has 0 aliphatic heterocycles. The largest absolute Gasteiger partial charge is 0.309 e. The maximum Gasteiger partial charge on any atom is 0.0894 e. The summed E-state index contributed by atoms with van der Waals surface area (Å²) >= 11 is 0. The molecule has 0 fully saturated rings. The van der Waals surface area contributed by atoms with Crippen molar-refractivity contribution in [2.24, 2.45) is 0 Å². The molecule has 10 rings (SSSR count). The molecule has 1 aliphatic carbocycles. The lowest BCUT2D eigenvalue weighted by molar-refractivity contribution is 0.660. The molecule has 0 radical (unpaired) electrons. The van der Waals surface area contributed by atoms with Gasteiger partial charge in [-0.1, -0.05) is 123 Å². The van der Waals surface area contributed by atoms with Gasteiger partial charge in [0.05, 0.1) is 34.0 Å². The fraction of sp³-hybridized carbons (Fsp3) is 0.0638. The highest BCUT2D eigenvalue weighted by Gasteiger charge is 2.35. The molecule has 3 heteroatoms. The lowest BCUT2D eigenvalue weighted by Crippen LogP contribution is -2.14. The van der Waals surface area contributed by atoms with Gasteiger partial charge in [-0.2, -0.15) is 0 Å². The van der Waals surface area contributed by atoms with Crippen LogP contribution in [0.25, 0.3) is 83.2 Å². The smallest absolute Gasteiger partial charge is 0.0894 e. The molecule has 1 aliphatic rings. The predicted molar refractivity (Wildman–Crippen MR) is 208 cm³/mol. The van der Waals surface area contributed by atoms with Gasteiger partial charge in [-0.3, -0.25) is 4.98 Å². The van der Waals surface area contributed by atoms with Gasteiger partial charge in [-0.15, -0.1) is 0 Å². The molecule has 50 heavy (non-hydrogen) atoms. The van der Waals surface area contributed by atoms with Crippen molar-refractivity contribution in [3.8, 4) is 50.3 Å². The van der Waals surface area contributed by atoms with E-state index in [2.05, 4.69) is 158 Å². The van der Waals surface area contributed by atoms with Gasteiger partial charge >= 0.3 is 0 Å². The molecule has 9 aromatic rings. The van der Waals surface area contributed by atoms with Crippen LogP contribution in [-0.2, 0) is 5.41 Å². The summed E-state index contributed by atoms with van der Waals surface area (Å²) in [5.74, 6) is 0. The maximum absolute atomic E-state index is 4.97. The molecule has 7 aromatic carbocycles. The molecule has 0 unspecified atom stereocenters. The topological polar surface area (TPSA) is 30.7 Å². The van der Waals surface area contributed by atoms with Gasteiger partial charge in [0.1, 0.15) is 0 Å². The molecule has 0 atom stereocenters. The van der Waals surface area contributed by atoms with Gasteiger partial charge in [0.15, 0.2) is 0 Å². The van der Waals surface area contributed by atoms with E-state index in [0.29, 0.717) is 0 Å². The first-order chi connectivity index (χ1) is 24.5. The summed E-state index contributed by atoms with van der Waals surface area (Å²) in [4.78, 5) is 9.85. The van der Waals surface area contributed by atoms with Crippen molar-refractivity contribution in [1.82, 2.24) is 14.5 Å². The Balaban J connectivity index is 1.18. The summed E-state index contributed by atoms with van der Waals surface area (Å²) in [7, 11) is 0. The van der Waals surface area contributed by atoms with Gasteiger partial charge in [-0.05, 0) is 93.0 Å². The fourth-order valence-electron chi connectivity index (χ4n) is 8.10. The molecule has 0 N–H and O–H groups in total. The van der Waals surface area contributed by atoms with Gasteiger partial charge in [0.2, 0.25) is 0 Å².